The molecule has 0 radical (unpaired) electrons. The lowest BCUT2D eigenvalue weighted by Gasteiger charge is -2.07. The number of phenolic OH excluding ortho intramolecular Hbond substituents is 1. The second-order valence-corrected chi connectivity index (χ2v) is 5.34. The minimum absolute atomic E-state index is 0.0194. The molecule has 0 amide bonds. The molecule has 2 heterocycles. The van der Waals surface area contributed by atoms with E-state index in [9.17, 15) is 19.5 Å². The molecule has 1 aromatic carbocycles. The topological polar surface area (TPSA) is 124 Å². The Morgan fingerprint density at radius 2 is 1.90 bits per heavy atom. The first-order valence-electron chi connectivity index (χ1n) is 5.88. The van der Waals surface area contributed by atoms with Crippen LogP contribution in [0, 0.1) is 0 Å². The summed E-state index contributed by atoms with van der Waals surface area (Å²) in [5, 5.41) is 9.78. The van der Waals surface area contributed by atoms with Crippen LogP contribution in [0.15, 0.2) is 37.1 Å². The van der Waals surface area contributed by atoms with Gasteiger partial charge >= 0.3 is 11.4 Å². The van der Waals surface area contributed by atoms with E-state index in [4.69, 9.17) is 0 Å². The molecule has 0 fully saturated rings. The summed E-state index contributed by atoms with van der Waals surface area (Å²) in [6.45, 7) is -0.122. The molecule has 0 aliphatic carbocycles. The van der Waals surface area contributed by atoms with Crippen molar-refractivity contribution in [2.24, 2.45) is 0 Å². The Morgan fingerprint density at radius 1 is 1.14 bits per heavy atom. The normalized spacial score (nSPS) is 11.1. The minimum atomic E-state index is -0.679. The quantitative estimate of drug-likeness (QED) is 0.526. The van der Waals surface area contributed by atoms with E-state index >= 15 is 0 Å². The third kappa shape index (κ3) is 2.31. The van der Waals surface area contributed by atoms with Gasteiger partial charge in [-0.25, -0.2) is 9.59 Å². The fourth-order valence-electron chi connectivity index (χ4n) is 2.03. The van der Waals surface area contributed by atoms with Crippen molar-refractivity contribution in [2.45, 2.75) is 6.54 Å². The molecule has 0 aliphatic heterocycles. The molecular formula is C12H9BrN4O4. The summed E-state index contributed by atoms with van der Waals surface area (Å²) in [4.78, 5) is 42.4. The number of H-pyrrole nitrogens is 3. The van der Waals surface area contributed by atoms with Crippen LogP contribution in [-0.4, -0.2) is 24.6 Å². The number of aromatic amines is 3. The fourth-order valence-corrected chi connectivity index (χ4v) is 2.44. The Kier molecular flexibility index (Phi) is 3.05. The lowest BCUT2D eigenvalue weighted by molar-refractivity contribution is 0.464. The van der Waals surface area contributed by atoms with Gasteiger partial charge in [-0.3, -0.25) is 24.3 Å². The maximum atomic E-state index is 12.2. The zero-order valence-electron chi connectivity index (χ0n) is 10.4. The maximum Gasteiger partial charge on any atom is 0.330 e. The fraction of sp³-hybridized carbons (Fsp3) is 0.0833. The lowest BCUT2D eigenvalue weighted by atomic mass is 10.2. The first-order chi connectivity index (χ1) is 9.95. The zero-order valence-corrected chi connectivity index (χ0v) is 12.0. The summed E-state index contributed by atoms with van der Waals surface area (Å²) in [5.74, 6) is -0.0350. The highest BCUT2D eigenvalue weighted by Crippen LogP contribution is 2.22. The Labute approximate surface area is 124 Å². The second kappa shape index (κ2) is 4.77. The summed E-state index contributed by atoms with van der Waals surface area (Å²) >= 11 is 3.25. The third-order valence-electron chi connectivity index (χ3n) is 3.03. The lowest BCUT2D eigenvalue weighted by Crippen LogP contribution is -2.35. The number of nitrogens with one attached hydrogen (secondary N) is 3. The zero-order chi connectivity index (χ0) is 15.1. The van der Waals surface area contributed by atoms with E-state index in [0.29, 0.717) is 10.0 Å². The Bertz CT molecular complexity index is 1010. The molecule has 108 valence electrons. The van der Waals surface area contributed by atoms with Gasteiger partial charge in [0.05, 0.1) is 6.54 Å². The molecule has 4 N–H and O–H groups in total. The smallest absolute Gasteiger partial charge is 0.330 e. The molecule has 3 rings (SSSR count). The standard InChI is InChI=1S/C12H9BrN4O4/c13-6-1-2-7(18)5(3-6)4-17-10(19)8-9(16-12(17)21)15-11(20)14-8/h1-3,18H,4H2,(H,16,21)(H2,14,15,20). The number of imidazole rings is 1. The van der Waals surface area contributed by atoms with Crippen LogP contribution >= 0.6 is 15.9 Å². The summed E-state index contributed by atoms with van der Waals surface area (Å²) in [7, 11) is 0. The molecule has 3 aromatic rings. The highest BCUT2D eigenvalue weighted by Gasteiger charge is 2.12. The molecule has 0 bridgehead atoms. The number of hydrogen-bond acceptors (Lipinski definition) is 4. The highest BCUT2D eigenvalue weighted by atomic mass is 79.9. The number of hydrogen-bond donors (Lipinski definition) is 4. The van der Waals surface area contributed by atoms with E-state index in [1.165, 1.54) is 6.07 Å². The van der Waals surface area contributed by atoms with Crippen molar-refractivity contribution in [3.63, 3.8) is 0 Å². The van der Waals surface area contributed by atoms with Crippen LogP contribution in [0.5, 0.6) is 5.75 Å². The maximum absolute atomic E-state index is 12.2. The molecular weight excluding hydrogens is 344 g/mol. The highest BCUT2D eigenvalue weighted by molar-refractivity contribution is 9.10. The largest absolute Gasteiger partial charge is 0.508 e. The van der Waals surface area contributed by atoms with Gasteiger partial charge in [0.2, 0.25) is 0 Å². The summed E-state index contributed by atoms with van der Waals surface area (Å²) < 4.78 is 1.60. The van der Waals surface area contributed by atoms with Gasteiger partial charge in [-0.05, 0) is 18.2 Å². The number of rotatable bonds is 2. The molecule has 0 atom stereocenters. The molecule has 21 heavy (non-hydrogen) atoms. The Balaban J connectivity index is 2.21. The Hall–Kier alpha value is -2.55. The van der Waals surface area contributed by atoms with Gasteiger partial charge in [0, 0.05) is 10.0 Å². The molecule has 0 saturated heterocycles. The monoisotopic (exact) mass is 352 g/mol. The van der Waals surface area contributed by atoms with Crippen molar-refractivity contribution in [3.05, 3.63) is 59.6 Å². The van der Waals surface area contributed by atoms with Crippen LogP contribution in [0.4, 0.5) is 0 Å². The second-order valence-electron chi connectivity index (χ2n) is 4.42. The van der Waals surface area contributed by atoms with E-state index in [0.717, 1.165) is 4.57 Å². The molecule has 2 aromatic heterocycles. The summed E-state index contributed by atoms with van der Waals surface area (Å²) in [6.07, 6.45) is 0. The number of phenols is 1. The van der Waals surface area contributed by atoms with E-state index in [1.807, 2.05) is 0 Å². The van der Waals surface area contributed by atoms with E-state index in [-0.39, 0.29) is 23.5 Å². The van der Waals surface area contributed by atoms with Gasteiger partial charge in [-0.2, -0.15) is 0 Å². The Morgan fingerprint density at radius 3 is 2.67 bits per heavy atom. The van der Waals surface area contributed by atoms with Gasteiger partial charge in [0.25, 0.3) is 5.56 Å². The van der Waals surface area contributed by atoms with E-state index < -0.39 is 16.9 Å². The number of benzene rings is 1. The molecule has 0 spiro atoms. The van der Waals surface area contributed by atoms with Crippen LogP contribution in [-0.2, 0) is 6.54 Å². The van der Waals surface area contributed by atoms with Crippen LogP contribution < -0.4 is 16.9 Å². The first-order valence-corrected chi connectivity index (χ1v) is 6.67. The van der Waals surface area contributed by atoms with Crippen molar-refractivity contribution >= 4 is 27.1 Å². The SMILES string of the molecule is O=c1[nH]c2[nH]c(=O)n(Cc3cc(Br)ccc3O)c(=O)c2[nH]1. The van der Waals surface area contributed by atoms with E-state index in [1.54, 1.807) is 12.1 Å². The van der Waals surface area contributed by atoms with Crippen LogP contribution in [0.3, 0.4) is 0 Å². The summed E-state index contributed by atoms with van der Waals surface area (Å²) in [6, 6.07) is 4.69. The van der Waals surface area contributed by atoms with E-state index in [2.05, 4.69) is 30.9 Å². The van der Waals surface area contributed by atoms with Crippen LogP contribution in [0.25, 0.3) is 11.2 Å². The molecule has 8 nitrogen and oxygen atoms in total. The molecule has 9 heteroatoms. The van der Waals surface area contributed by atoms with Gasteiger partial charge in [-0.15, -0.1) is 0 Å². The average molecular weight is 353 g/mol. The number of nitrogens with zero attached hydrogens (tertiary/aromatic N) is 1. The van der Waals surface area contributed by atoms with Crippen LogP contribution in [0.1, 0.15) is 5.56 Å². The van der Waals surface area contributed by atoms with Crippen molar-refractivity contribution in [3.8, 4) is 5.75 Å². The van der Waals surface area contributed by atoms with Crippen LogP contribution in [0.2, 0.25) is 0 Å². The third-order valence-corrected chi connectivity index (χ3v) is 3.53. The van der Waals surface area contributed by atoms with Crippen molar-refractivity contribution in [1.82, 2.24) is 19.5 Å². The van der Waals surface area contributed by atoms with Gasteiger partial charge in [0.1, 0.15) is 11.4 Å². The first kappa shape index (κ1) is 13.4. The number of fused-ring (bicyclic) bond motifs is 1. The molecule has 0 saturated carbocycles. The average Bonchev–Trinajstić information content (AvgIpc) is 2.79. The number of halogens is 1. The number of aromatic hydroxyl groups is 1. The predicted octanol–water partition coefficient (Wildman–Crippen LogP) is 0.223. The predicted molar refractivity (Wildman–Crippen MR) is 78.7 cm³/mol. The molecule has 0 unspecified atom stereocenters. The number of aromatic nitrogens is 4. The van der Waals surface area contributed by atoms with Gasteiger partial charge in [-0.1, -0.05) is 15.9 Å². The van der Waals surface area contributed by atoms with Gasteiger partial charge in [0.15, 0.2) is 5.52 Å². The van der Waals surface area contributed by atoms with Crippen molar-refractivity contribution in [2.75, 3.05) is 0 Å². The van der Waals surface area contributed by atoms with Crippen molar-refractivity contribution < 1.29 is 5.11 Å². The minimum Gasteiger partial charge on any atom is -0.508 e. The van der Waals surface area contributed by atoms with Crippen molar-refractivity contribution in [1.29, 1.82) is 0 Å². The summed E-state index contributed by atoms with van der Waals surface area (Å²) in [5.41, 5.74) is -1.48. The molecule has 0 aliphatic rings. The van der Waals surface area contributed by atoms with Gasteiger partial charge < -0.3 is 5.11 Å².